The Hall–Kier alpha value is -3.85. The fraction of sp³-hybridized carbons (Fsp3) is 0.227. The summed E-state index contributed by atoms with van der Waals surface area (Å²) >= 11 is 0. The Morgan fingerprint density at radius 3 is 2.52 bits per heavy atom. The van der Waals surface area contributed by atoms with Crippen LogP contribution in [0.3, 0.4) is 0 Å². The molecular formula is C22H21N5O4. The van der Waals surface area contributed by atoms with E-state index in [1.807, 2.05) is 30.3 Å². The molecule has 1 aliphatic heterocycles. The van der Waals surface area contributed by atoms with E-state index < -0.39 is 4.92 Å². The summed E-state index contributed by atoms with van der Waals surface area (Å²) in [5.74, 6) is 0.611. The molecule has 0 atom stereocenters. The van der Waals surface area contributed by atoms with Crippen LogP contribution in [0.1, 0.15) is 5.56 Å². The van der Waals surface area contributed by atoms with Crippen LogP contribution in [-0.4, -0.2) is 47.3 Å². The van der Waals surface area contributed by atoms with Gasteiger partial charge >= 0.3 is 0 Å². The Morgan fingerprint density at radius 1 is 1.06 bits per heavy atom. The Labute approximate surface area is 178 Å². The highest BCUT2D eigenvalue weighted by molar-refractivity contribution is 5.92. The SMILES string of the molecule is O=C(Cc1ccc([N+](=O)[O-])cc1)Nc1cccc(-c2ccc(N3CCOCC3)nn2)c1. The van der Waals surface area contributed by atoms with E-state index in [1.165, 1.54) is 12.1 Å². The lowest BCUT2D eigenvalue weighted by Gasteiger charge is -2.27. The highest BCUT2D eigenvalue weighted by Gasteiger charge is 2.13. The monoisotopic (exact) mass is 419 g/mol. The number of aromatic nitrogens is 2. The number of nitro benzene ring substituents is 1. The van der Waals surface area contributed by atoms with Crippen molar-refractivity contribution in [3.8, 4) is 11.3 Å². The molecule has 0 unspecified atom stereocenters. The van der Waals surface area contributed by atoms with Crippen LogP contribution >= 0.6 is 0 Å². The molecule has 9 nitrogen and oxygen atoms in total. The van der Waals surface area contributed by atoms with Crippen LogP contribution < -0.4 is 10.2 Å². The Kier molecular flexibility index (Phi) is 6.13. The number of nitrogens with one attached hydrogen (secondary N) is 1. The average Bonchev–Trinajstić information content (AvgIpc) is 2.80. The third-order valence-electron chi connectivity index (χ3n) is 4.94. The zero-order valence-corrected chi connectivity index (χ0v) is 16.7. The molecule has 0 radical (unpaired) electrons. The summed E-state index contributed by atoms with van der Waals surface area (Å²) in [5, 5.41) is 22.3. The summed E-state index contributed by atoms with van der Waals surface area (Å²) < 4.78 is 5.36. The first-order valence-corrected chi connectivity index (χ1v) is 9.88. The predicted molar refractivity (Wildman–Crippen MR) is 116 cm³/mol. The number of benzene rings is 2. The first-order chi connectivity index (χ1) is 15.1. The number of hydrogen-bond acceptors (Lipinski definition) is 7. The molecule has 0 bridgehead atoms. The van der Waals surface area contributed by atoms with Crippen LogP contribution in [0.15, 0.2) is 60.7 Å². The van der Waals surface area contributed by atoms with Gasteiger partial charge in [-0.3, -0.25) is 14.9 Å². The van der Waals surface area contributed by atoms with Crippen LogP contribution in [0.25, 0.3) is 11.3 Å². The third-order valence-corrected chi connectivity index (χ3v) is 4.94. The average molecular weight is 419 g/mol. The number of carbonyl (C=O) groups is 1. The second-order valence-corrected chi connectivity index (χ2v) is 7.11. The molecule has 2 aromatic carbocycles. The van der Waals surface area contributed by atoms with Crippen LogP contribution in [0.4, 0.5) is 17.2 Å². The number of non-ortho nitro benzene ring substituents is 1. The van der Waals surface area contributed by atoms with Gasteiger partial charge in [-0.25, -0.2) is 0 Å². The number of hydrogen-bond donors (Lipinski definition) is 1. The van der Waals surface area contributed by atoms with Gasteiger partial charge in [0.05, 0.1) is 30.3 Å². The number of nitro groups is 1. The summed E-state index contributed by atoms with van der Waals surface area (Å²) in [6.07, 6.45) is 0.121. The van der Waals surface area contributed by atoms with Gasteiger partial charge in [0, 0.05) is 36.5 Å². The molecule has 1 aromatic heterocycles. The zero-order valence-electron chi connectivity index (χ0n) is 16.7. The summed E-state index contributed by atoms with van der Waals surface area (Å²) in [4.78, 5) is 24.8. The number of carbonyl (C=O) groups excluding carboxylic acids is 1. The molecule has 0 aliphatic carbocycles. The van der Waals surface area contributed by atoms with Gasteiger partial charge in [-0.1, -0.05) is 24.3 Å². The number of morpholine rings is 1. The van der Waals surface area contributed by atoms with Crippen molar-refractivity contribution in [1.82, 2.24) is 10.2 Å². The molecule has 3 aromatic rings. The van der Waals surface area contributed by atoms with Gasteiger partial charge in [-0.15, -0.1) is 10.2 Å². The summed E-state index contributed by atoms with van der Waals surface area (Å²) in [7, 11) is 0. The lowest BCUT2D eigenvalue weighted by molar-refractivity contribution is -0.384. The van der Waals surface area contributed by atoms with Crippen molar-refractivity contribution in [2.75, 3.05) is 36.5 Å². The second kappa shape index (κ2) is 9.31. The molecule has 0 spiro atoms. The van der Waals surface area contributed by atoms with E-state index in [1.54, 1.807) is 18.2 Å². The standard InChI is InChI=1S/C22H21N5O4/c28-22(14-16-4-6-19(7-5-16)27(29)30)23-18-3-1-2-17(15-18)20-8-9-21(25-24-20)26-10-12-31-13-11-26/h1-9,15H,10-14H2,(H,23,28). The molecule has 1 fully saturated rings. The predicted octanol–water partition coefficient (Wildman–Crippen LogP) is 3.07. The molecule has 1 saturated heterocycles. The van der Waals surface area contributed by atoms with Crippen molar-refractivity contribution >= 4 is 23.1 Å². The minimum absolute atomic E-state index is 0.00222. The molecule has 158 valence electrons. The van der Waals surface area contributed by atoms with E-state index in [4.69, 9.17) is 4.74 Å². The largest absolute Gasteiger partial charge is 0.378 e. The molecule has 0 saturated carbocycles. The topological polar surface area (TPSA) is 110 Å². The van der Waals surface area contributed by atoms with Crippen LogP contribution in [0.5, 0.6) is 0 Å². The minimum Gasteiger partial charge on any atom is -0.378 e. The maximum Gasteiger partial charge on any atom is 0.269 e. The summed E-state index contributed by atoms with van der Waals surface area (Å²) in [5.41, 5.74) is 2.89. The molecule has 2 heterocycles. The van der Waals surface area contributed by atoms with Crippen LogP contribution in [0.2, 0.25) is 0 Å². The molecular weight excluding hydrogens is 398 g/mol. The van der Waals surface area contributed by atoms with E-state index >= 15 is 0 Å². The van der Waals surface area contributed by atoms with Gasteiger partial charge in [0.25, 0.3) is 5.69 Å². The van der Waals surface area contributed by atoms with E-state index in [0.717, 1.165) is 24.5 Å². The van der Waals surface area contributed by atoms with Crippen molar-refractivity contribution in [2.45, 2.75) is 6.42 Å². The van der Waals surface area contributed by atoms with Crippen molar-refractivity contribution < 1.29 is 14.5 Å². The normalized spacial score (nSPS) is 13.6. The lowest BCUT2D eigenvalue weighted by Crippen LogP contribution is -2.36. The van der Waals surface area contributed by atoms with Gasteiger partial charge < -0.3 is 15.0 Å². The fourth-order valence-electron chi connectivity index (χ4n) is 3.32. The first kappa shape index (κ1) is 20.4. The molecule has 4 rings (SSSR count). The lowest BCUT2D eigenvalue weighted by atomic mass is 10.1. The quantitative estimate of drug-likeness (QED) is 0.483. The summed E-state index contributed by atoms with van der Waals surface area (Å²) in [6, 6.07) is 17.2. The van der Waals surface area contributed by atoms with Gasteiger partial charge in [0.1, 0.15) is 0 Å². The molecule has 1 N–H and O–H groups in total. The molecule has 31 heavy (non-hydrogen) atoms. The first-order valence-electron chi connectivity index (χ1n) is 9.88. The van der Waals surface area contributed by atoms with Crippen molar-refractivity contribution in [3.63, 3.8) is 0 Å². The van der Waals surface area contributed by atoms with Crippen molar-refractivity contribution in [2.24, 2.45) is 0 Å². The smallest absolute Gasteiger partial charge is 0.269 e. The van der Waals surface area contributed by atoms with Crippen molar-refractivity contribution in [1.29, 1.82) is 0 Å². The summed E-state index contributed by atoms with van der Waals surface area (Å²) in [6.45, 7) is 2.96. The zero-order chi connectivity index (χ0) is 21.6. The van der Waals surface area contributed by atoms with Crippen LogP contribution in [0, 0.1) is 10.1 Å². The maximum absolute atomic E-state index is 12.4. The highest BCUT2D eigenvalue weighted by atomic mass is 16.6. The molecule has 1 amide bonds. The molecule has 1 aliphatic rings. The number of rotatable bonds is 6. The Balaban J connectivity index is 1.40. The number of anilines is 2. The van der Waals surface area contributed by atoms with E-state index in [0.29, 0.717) is 30.2 Å². The second-order valence-electron chi connectivity index (χ2n) is 7.11. The number of nitrogens with zero attached hydrogens (tertiary/aromatic N) is 4. The van der Waals surface area contributed by atoms with Gasteiger partial charge in [-0.05, 0) is 29.8 Å². The third kappa shape index (κ3) is 5.20. The van der Waals surface area contributed by atoms with Crippen molar-refractivity contribution in [3.05, 3.63) is 76.3 Å². The van der Waals surface area contributed by atoms with Gasteiger partial charge in [-0.2, -0.15) is 0 Å². The van der Waals surface area contributed by atoms with E-state index in [2.05, 4.69) is 20.4 Å². The Morgan fingerprint density at radius 2 is 1.84 bits per heavy atom. The number of ether oxygens (including phenoxy) is 1. The minimum atomic E-state index is -0.467. The van der Waals surface area contributed by atoms with Gasteiger partial charge in [0.15, 0.2) is 5.82 Å². The Bertz CT molecular complexity index is 1060. The number of amides is 1. The van der Waals surface area contributed by atoms with E-state index in [9.17, 15) is 14.9 Å². The van der Waals surface area contributed by atoms with Gasteiger partial charge in [0.2, 0.25) is 5.91 Å². The van der Waals surface area contributed by atoms with Crippen LogP contribution in [-0.2, 0) is 16.0 Å². The maximum atomic E-state index is 12.4. The van der Waals surface area contributed by atoms with E-state index in [-0.39, 0.29) is 18.0 Å². The molecule has 9 heteroatoms. The highest BCUT2D eigenvalue weighted by Crippen LogP contribution is 2.22. The fourth-order valence-corrected chi connectivity index (χ4v) is 3.32.